The normalized spacial score (nSPS) is 11.8. The molecule has 0 aliphatic heterocycles. The molecule has 90 valence electrons. The number of hydrogen-bond acceptors (Lipinski definition) is 2. The molecule has 1 heterocycles. The van der Waals surface area contributed by atoms with Gasteiger partial charge in [-0.15, -0.1) is 5.10 Å². The Balaban J connectivity index is 2.66. The van der Waals surface area contributed by atoms with Crippen molar-refractivity contribution in [2.24, 2.45) is 0 Å². The van der Waals surface area contributed by atoms with Crippen molar-refractivity contribution in [3.05, 3.63) is 40.1 Å². The third kappa shape index (κ3) is 2.23. The van der Waals surface area contributed by atoms with Crippen molar-refractivity contribution in [1.29, 1.82) is 0 Å². The summed E-state index contributed by atoms with van der Waals surface area (Å²) in [6.45, 7) is 0. The van der Waals surface area contributed by atoms with E-state index in [1.165, 1.54) is 18.5 Å². The smallest absolute Gasteiger partial charge is 0.219 e. The molecule has 17 heavy (non-hydrogen) atoms. The van der Waals surface area contributed by atoms with Gasteiger partial charge in [-0.25, -0.2) is 4.68 Å². The first-order valence-corrected chi connectivity index (χ1v) is 5.08. The maximum atomic E-state index is 12.7. The van der Waals surface area contributed by atoms with Gasteiger partial charge in [-0.05, 0) is 12.1 Å². The Kier molecular flexibility index (Phi) is 3.01. The minimum atomic E-state index is -4.62. The number of alkyl halides is 3. The minimum absolute atomic E-state index is 0.0703. The third-order valence-electron chi connectivity index (χ3n) is 2.02. The molecule has 0 amide bonds. The number of benzene rings is 1. The van der Waals surface area contributed by atoms with Crippen LogP contribution in [0.3, 0.4) is 0 Å². The summed E-state index contributed by atoms with van der Waals surface area (Å²) in [5.41, 5.74) is -1.00. The molecule has 0 N–H and O–H groups in total. The number of halogens is 5. The fourth-order valence-electron chi connectivity index (χ4n) is 1.31. The molecule has 0 fully saturated rings. The van der Waals surface area contributed by atoms with Crippen LogP contribution >= 0.6 is 23.2 Å². The lowest BCUT2D eigenvalue weighted by Gasteiger charge is -2.13. The molecule has 1 aromatic heterocycles. The summed E-state index contributed by atoms with van der Waals surface area (Å²) in [5.74, 6) is 0. The predicted octanol–water partition coefficient (Wildman–Crippen LogP) is 3.59. The Morgan fingerprint density at radius 3 is 2.41 bits per heavy atom. The minimum Gasteiger partial charge on any atom is -0.219 e. The lowest BCUT2D eigenvalue weighted by Crippen LogP contribution is -2.09. The summed E-state index contributed by atoms with van der Waals surface area (Å²) in [5, 5.41) is 6.11. The number of rotatable bonds is 1. The molecule has 0 aliphatic rings. The zero-order valence-electron chi connectivity index (χ0n) is 8.04. The molecule has 0 unspecified atom stereocenters. The van der Waals surface area contributed by atoms with E-state index in [9.17, 15) is 13.2 Å². The standard InChI is InChI=1S/C9H4Cl2F3N3/c10-5-1-2-6(17-4-3-15-16-17)8(11)7(5)9(12,13)14/h1-4H. The van der Waals surface area contributed by atoms with Gasteiger partial charge in [-0.1, -0.05) is 28.4 Å². The fourth-order valence-corrected chi connectivity index (χ4v) is 1.99. The average molecular weight is 282 g/mol. The van der Waals surface area contributed by atoms with Crippen molar-refractivity contribution in [2.45, 2.75) is 6.18 Å². The molecule has 2 rings (SSSR count). The van der Waals surface area contributed by atoms with E-state index in [-0.39, 0.29) is 5.69 Å². The zero-order chi connectivity index (χ0) is 12.6. The number of hydrogen-bond donors (Lipinski definition) is 0. The Morgan fingerprint density at radius 2 is 1.88 bits per heavy atom. The van der Waals surface area contributed by atoms with Gasteiger partial charge in [0, 0.05) is 0 Å². The monoisotopic (exact) mass is 281 g/mol. The molecule has 1 aromatic carbocycles. The lowest BCUT2D eigenvalue weighted by atomic mass is 10.2. The fraction of sp³-hybridized carbons (Fsp3) is 0.111. The van der Waals surface area contributed by atoms with E-state index in [0.29, 0.717) is 0 Å². The highest BCUT2D eigenvalue weighted by molar-refractivity contribution is 6.37. The van der Waals surface area contributed by atoms with Crippen molar-refractivity contribution >= 4 is 23.2 Å². The molecule has 0 radical (unpaired) electrons. The van der Waals surface area contributed by atoms with Gasteiger partial charge < -0.3 is 0 Å². The molecule has 0 spiro atoms. The van der Waals surface area contributed by atoms with Gasteiger partial charge in [0.25, 0.3) is 0 Å². The van der Waals surface area contributed by atoms with Crippen molar-refractivity contribution in [1.82, 2.24) is 15.0 Å². The SMILES string of the molecule is FC(F)(F)c1c(Cl)ccc(-n2ccnn2)c1Cl. The van der Waals surface area contributed by atoms with Gasteiger partial charge in [-0.2, -0.15) is 13.2 Å². The second-order valence-electron chi connectivity index (χ2n) is 3.10. The average Bonchev–Trinajstić information content (AvgIpc) is 2.68. The largest absolute Gasteiger partial charge is 0.419 e. The molecular formula is C9H4Cl2F3N3. The van der Waals surface area contributed by atoms with Crippen LogP contribution < -0.4 is 0 Å². The van der Waals surface area contributed by atoms with E-state index in [4.69, 9.17) is 23.2 Å². The Bertz CT molecular complexity index is 537. The highest BCUT2D eigenvalue weighted by atomic mass is 35.5. The Hall–Kier alpha value is -1.27. The quantitative estimate of drug-likeness (QED) is 0.800. The van der Waals surface area contributed by atoms with Gasteiger partial charge in [-0.3, -0.25) is 0 Å². The van der Waals surface area contributed by atoms with Crippen molar-refractivity contribution in [3.8, 4) is 5.69 Å². The van der Waals surface area contributed by atoms with Crippen LogP contribution in [0.25, 0.3) is 5.69 Å². The van der Waals surface area contributed by atoms with E-state index < -0.39 is 21.8 Å². The topological polar surface area (TPSA) is 30.7 Å². The first kappa shape index (κ1) is 12.2. The van der Waals surface area contributed by atoms with Crippen molar-refractivity contribution < 1.29 is 13.2 Å². The zero-order valence-corrected chi connectivity index (χ0v) is 9.55. The molecule has 0 atom stereocenters. The predicted molar refractivity (Wildman–Crippen MR) is 56.4 cm³/mol. The van der Waals surface area contributed by atoms with Crippen LogP contribution in [0, 0.1) is 0 Å². The number of aromatic nitrogens is 3. The lowest BCUT2D eigenvalue weighted by molar-refractivity contribution is -0.137. The molecule has 3 nitrogen and oxygen atoms in total. The first-order chi connectivity index (χ1) is 7.91. The summed E-state index contributed by atoms with van der Waals surface area (Å²) in [6.07, 6.45) is -1.90. The van der Waals surface area contributed by atoms with E-state index in [1.807, 2.05) is 0 Å². The van der Waals surface area contributed by atoms with Crippen LogP contribution in [-0.2, 0) is 6.18 Å². The summed E-state index contributed by atoms with van der Waals surface area (Å²) in [7, 11) is 0. The second-order valence-corrected chi connectivity index (χ2v) is 3.89. The van der Waals surface area contributed by atoms with Gasteiger partial charge in [0.1, 0.15) is 0 Å². The van der Waals surface area contributed by atoms with Gasteiger partial charge in [0.2, 0.25) is 0 Å². The van der Waals surface area contributed by atoms with Crippen LogP contribution in [0.5, 0.6) is 0 Å². The van der Waals surface area contributed by atoms with Gasteiger partial charge >= 0.3 is 6.18 Å². The maximum absolute atomic E-state index is 12.7. The summed E-state index contributed by atoms with van der Waals surface area (Å²) in [4.78, 5) is 0. The van der Waals surface area contributed by atoms with Crippen LogP contribution in [-0.4, -0.2) is 15.0 Å². The summed E-state index contributed by atoms with van der Waals surface area (Å²) >= 11 is 11.2. The van der Waals surface area contributed by atoms with E-state index in [0.717, 1.165) is 10.7 Å². The second kappa shape index (κ2) is 4.19. The summed E-state index contributed by atoms with van der Waals surface area (Å²) < 4.78 is 39.3. The first-order valence-electron chi connectivity index (χ1n) is 4.33. The molecule has 8 heteroatoms. The number of nitrogens with zero attached hydrogens (tertiary/aromatic N) is 3. The van der Waals surface area contributed by atoms with E-state index in [1.54, 1.807) is 0 Å². The molecule has 0 aliphatic carbocycles. The third-order valence-corrected chi connectivity index (χ3v) is 2.72. The van der Waals surface area contributed by atoms with Crippen LogP contribution in [0.4, 0.5) is 13.2 Å². The molecular weight excluding hydrogens is 278 g/mol. The van der Waals surface area contributed by atoms with Crippen LogP contribution in [0.1, 0.15) is 5.56 Å². The van der Waals surface area contributed by atoms with Crippen LogP contribution in [0.2, 0.25) is 10.0 Å². The highest BCUT2D eigenvalue weighted by Gasteiger charge is 2.37. The van der Waals surface area contributed by atoms with Crippen molar-refractivity contribution in [2.75, 3.05) is 0 Å². The Morgan fingerprint density at radius 1 is 1.18 bits per heavy atom. The van der Waals surface area contributed by atoms with Gasteiger partial charge in [0.05, 0.1) is 33.7 Å². The molecule has 0 saturated heterocycles. The molecule has 0 saturated carbocycles. The van der Waals surface area contributed by atoms with E-state index >= 15 is 0 Å². The highest BCUT2D eigenvalue weighted by Crippen LogP contribution is 2.41. The van der Waals surface area contributed by atoms with E-state index in [2.05, 4.69) is 10.3 Å². The molecule has 2 aromatic rings. The van der Waals surface area contributed by atoms with Crippen molar-refractivity contribution in [3.63, 3.8) is 0 Å². The Labute approximate surface area is 104 Å². The molecule has 0 bridgehead atoms. The summed E-state index contributed by atoms with van der Waals surface area (Å²) in [6, 6.07) is 2.46. The maximum Gasteiger partial charge on any atom is 0.419 e. The van der Waals surface area contributed by atoms with Gasteiger partial charge in [0.15, 0.2) is 0 Å². The van der Waals surface area contributed by atoms with Crippen LogP contribution in [0.15, 0.2) is 24.5 Å².